The van der Waals surface area contributed by atoms with Crippen molar-refractivity contribution in [2.75, 3.05) is 6.61 Å². The smallest absolute Gasteiger partial charge is 0.408 e. The molecule has 12 heteroatoms. The normalized spacial score (nSPS) is 13.0. The van der Waals surface area contributed by atoms with E-state index >= 15 is 0 Å². The molecule has 12 nitrogen and oxygen atoms in total. The van der Waals surface area contributed by atoms with E-state index in [0.717, 1.165) is 11.6 Å². The Kier molecular flexibility index (Phi) is 15.0. The Bertz CT molecular complexity index is 1260. The fraction of sp³-hybridized carbons (Fsp3) is 0.406. The van der Waals surface area contributed by atoms with Crippen LogP contribution in [0.15, 0.2) is 66.7 Å². The fourth-order valence-electron chi connectivity index (χ4n) is 4.14. The molecule has 0 spiro atoms. The number of primary amides is 1. The molecule has 0 saturated carbocycles. The monoisotopic (exact) mass is 610 g/mol. The van der Waals surface area contributed by atoms with Crippen LogP contribution in [-0.2, 0) is 41.7 Å². The molecule has 0 heterocycles. The zero-order valence-electron chi connectivity index (χ0n) is 25.3. The summed E-state index contributed by atoms with van der Waals surface area (Å²) in [5.41, 5.74) is 6.71. The van der Waals surface area contributed by atoms with Crippen molar-refractivity contribution in [1.82, 2.24) is 16.0 Å². The van der Waals surface area contributed by atoms with Gasteiger partial charge in [-0.2, -0.15) is 0 Å². The van der Waals surface area contributed by atoms with E-state index in [-0.39, 0.29) is 50.6 Å². The molecule has 2 aromatic rings. The first-order valence-corrected chi connectivity index (χ1v) is 14.5. The Morgan fingerprint density at radius 2 is 1.52 bits per heavy atom. The van der Waals surface area contributed by atoms with E-state index in [0.29, 0.717) is 5.56 Å². The van der Waals surface area contributed by atoms with Gasteiger partial charge in [-0.3, -0.25) is 14.4 Å². The molecule has 0 bridgehead atoms. The largest absolute Gasteiger partial charge is 0.508 e. The molecule has 6 N–H and O–H groups in total. The number of hydrogen-bond acceptors (Lipinski definition) is 8. The number of esters is 1. The number of phenols is 1. The summed E-state index contributed by atoms with van der Waals surface area (Å²) in [6.07, 6.45) is 2.08. The van der Waals surface area contributed by atoms with Gasteiger partial charge in [0.1, 0.15) is 24.4 Å². The number of hydrogen-bond donors (Lipinski definition) is 5. The van der Waals surface area contributed by atoms with Crippen molar-refractivity contribution in [3.63, 3.8) is 0 Å². The topological polar surface area (TPSA) is 186 Å². The van der Waals surface area contributed by atoms with Gasteiger partial charge in [-0.25, -0.2) is 9.59 Å². The minimum absolute atomic E-state index is 0.00995. The predicted molar refractivity (Wildman–Crippen MR) is 163 cm³/mol. The van der Waals surface area contributed by atoms with E-state index in [2.05, 4.69) is 16.0 Å². The van der Waals surface area contributed by atoms with Gasteiger partial charge in [0, 0.05) is 25.0 Å². The number of amides is 4. The van der Waals surface area contributed by atoms with E-state index in [1.54, 1.807) is 31.2 Å². The van der Waals surface area contributed by atoms with E-state index in [4.69, 9.17) is 15.2 Å². The molecule has 0 aliphatic rings. The van der Waals surface area contributed by atoms with E-state index < -0.39 is 47.9 Å². The van der Waals surface area contributed by atoms with Gasteiger partial charge >= 0.3 is 12.1 Å². The molecular formula is C32H42N4O8. The SMILES string of the molecule is CCOC(=O)/C=C/[C@H](CCC(N)=O)NC(=O)[C@H](Cc1ccc(O)cc1)NC(=O)[C@H](CC(C)C)NC(=O)OCc1ccccc1. The Labute approximate surface area is 257 Å². The summed E-state index contributed by atoms with van der Waals surface area (Å²) in [5.74, 6) is -2.39. The van der Waals surface area contributed by atoms with Gasteiger partial charge in [0.05, 0.1) is 6.61 Å². The van der Waals surface area contributed by atoms with Gasteiger partial charge in [0.2, 0.25) is 17.7 Å². The Balaban J connectivity index is 2.23. The third-order valence-corrected chi connectivity index (χ3v) is 6.32. The minimum atomic E-state index is -1.13. The van der Waals surface area contributed by atoms with Gasteiger partial charge in [-0.05, 0) is 48.9 Å². The Hall–Kier alpha value is -4.87. The van der Waals surface area contributed by atoms with Crippen LogP contribution in [0.25, 0.3) is 0 Å². The van der Waals surface area contributed by atoms with Gasteiger partial charge in [-0.15, -0.1) is 0 Å². The summed E-state index contributed by atoms with van der Waals surface area (Å²) in [6.45, 7) is 5.60. The first kappa shape index (κ1) is 35.3. The maximum absolute atomic E-state index is 13.5. The number of alkyl carbamates (subject to hydrolysis) is 1. The maximum Gasteiger partial charge on any atom is 0.408 e. The zero-order valence-corrected chi connectivity index (χ0v) is 25.3. The lowest BCUT2D eigenvalue weighted by Gasteiger charge is -2.25. The molecule has 238 valence electrons. The molecular weight excluding hydrogens is 568 g/mol. The van der Waals surface area contributed by atoms with Crippen molar-refractivity contribution in [3.05, 3.63) is 77.9 Å². The molecule has 0 unspecified atom stereocenters. The highest BCUT2D eigenvalue weighted by Gasteiger charge is 2.29. The Morgan fingerprint density at radius 3 is 2.14 bits per heavy atom. The second kappa shape index (κ2) is 18.6. The molecule has 44 heavy (non-hydrogen) atoms. The standard InChI is InChI=1S/C32H42N4O8/c1-4-43-29(39)17-13-24(12-16-28(33)38)34-30(40)27(19-22-10-14-25(37)15-11-22)35-31(41)26(18-21(2)3)36-32(42)44-20-23-8-6-5-7-9-23/h5-11,13-15,17,21,24,26-27,37H,4,12,16,18-20H2,1-3H3,(H2,33,38)(H,34,40)(H,35,41)(H,36,42)/b17-13+/t24-,26-,27-/m0/s1. The summed E-state index contributed by atoms with van der Waals surface area (Å²) in [4.78, 5) is 62.9. The summed E-state index contributed by atoms with van der Waals surface area (Å²) in [6, 6.07) is 12.3. The average Bonchev–Trinajstić information content (AvgIpc) is 2.98. The number of benzene rings is 2. The third-order valence-electron chi connectivity index (χ3n) is 6.32. The molecule has 0 aliphatic carbocycles. The van der Waals surface area contributed by atoms with Gasteiger partial charge < -0.3 is 36.3 Å². The first-order valence-electron chi connectivity index (χ1n) is 14.5. The lowest BCUT2D eigenvalue weighted by molar-refractivity contribution is -0.137. The minimum Gasteiger partial charge on any atom is -0.508 e. The summed E-state index contributed by atoms with van der Waals surface area (Å²) >= 11 is 0. The number of nitrogens with one attached hydrogen (secondary N) is 3. The van der Waals surface area contributed by atoms with Crippen molar-refractivity contribution < 1.29 is 38.6 Å². The van der Waals surface area contributed by atoms with Gasteiger partial charge in [-0.1, -0.05) is 62.4 Å². The van der Waals surface area contributed by atoms with Crippen LogP contribution >= 0.6 is 0 Å². The molecule has 2 aromatic carbocycles. The van der Waals surface area contributed by atoms with Crippen LogP contribution < -0.4 is 21.7 Å². The fourth-order valence-corrected chi connectivity index (χ4v) is 4.14. The van der Waals surface area contributed by atoms with E-state index in [9.17, 15) is 29.1 Å². The molecule has 0 fully saturated rings. The van der Waals surface area contributed by atoms with Crippen LogP contribution in [0, 0.1) is 5.92 Å². The van der Waals surface area contributed by atoms with Crippen LogP contribution in [0.3, 0.4) is 0 Å². The second-order valence-electron chi connectivity index (χ2n) is 10.6. The van der Waals surface area contributed by atoms with Gasteiger partial charge in [0.25, 0.3) is 0 Å². The van der Waals surface area contributed by atoms with E-state index in [1.165, 1.54) is 18.2 Å². The van der Waals surface area contributed by atoms with E-state index in [1.807, 2.05) is 32.0 Å². The second-order valence-corrected chi connectivity index (χ2v) is 10.6. The lowest BCUT2D eigenvalue weighted by atomic mass is 10.0. The highest BCUT2D eigenvalue weighted by molar-refractivity contribution is 5.92. The van der Waals surface area contributed by atoms with Crippen molar-refractivity contribution in [3.8, 4) is 5.75 Å². The maximum atomic E-state index is 13.5. The summed E-state index contributed by atoms with van der Waals surface area (Å²) in [7, 11) is 0. The number of ether oxygens (including phenoxy) is 2. The molecule has 0 aromatic heterocycles. The molecule has 0 saturated heterocycles. The van der Waals surface area contributed by atoms with Crippen molar-refractivity contribution in [2.24, 2.45) is 11.7 Å². The van der Waals surface area contributed by atoms with Crippen molar-refractivity contribution in [1.29, 1.82) is 0 Å². The van der Waals surface area contributed by atoms with Crippen LogP contribution in [0.2, 0.25) is 0 Å². The lowest BCUT2D eigenvalue weighted by Crippen LogP contribution is -2.55. The van der Waals surface area contributed by atoms with Gasteiger partial charge in [0.15, 0.2) is 0 Å². The number of carbonyl (C=O) groups excluding carboxylic acids is 5. The summed E-state index contributed by atoms with van der Waals surface area (Å²) in [5, 5.41) is 17.8. The number of rotatable bonds is 17. The molecule has 0 aliphatic heterocycles. The van der Waals surface area contributed by atoms with Crippen molar-refractivity contribution >= 4 is 29.8 Å². The quantitative estimate of drug-likeness (QED) is 0.134. The number of phenolic OH excluding ortho intramolecular Hbond substituents is 1. The third kappa shape index (κ3) is 13.9. The zero-order chi connectivity index (χ0) is 32.5. The van der Waals surface area contributed by atoms with Crippen LogP contribution in [0.4, 0.5) is 4.79 Å². The highest BCUT2D eigenvalue weighted by Crippen LogP contribution is 2.13. The van der Waals surface area contributed by atoms with Crippen molar-refractivity contribution in [2.45, 2.75) is 71.2 Å². The molecule has 4 amide bonds. The predicted octanol–water partition coefficient (Wildman–Crippen LogP) is 2.63. The number of nitrogens with two attached hydrogens (primary N) is 1. The van der Waals surface area contributed by atoms with Crippen LogP contribution in [0.1, 0.15) is 51.2 Å². The average molecular weight is 611 g/mol. The first-order chi connectivity index (χ1) is 21.0. The molecule has 3 atom stereocenters. The molecule has 0 radical (unpaired) electrons. The number of aromatic hydroxyl groups is 1. The highest BCUT2D eigenvalue weighted by atomic mass is 16.5. The van der Waals surface area contributed by atoms with Crippen LogP contribution in [0.5, 0.6) is 5.75 Å². The number of carbonyl (C=O) groups is 5. The summed E-state index contributed by atoms with van der Waals surface area (Å²) < 4.78 is 10.2. The van der Waals surface area contributed by atoms with Crippen LogP contribution in [-0.4, -0.2) is 59.6 Å². The molecule has 2 rings (SSSR count). The Morgan fingerprint density at radius 1 is 0.864 bits per heavy atom.